The molecule has 7 nitrogen and oxygen atoms in total. The monoisotopic (exact) mass is 356 g/mol. The highest BCUT2D eigenvalue weighted by atomic mass is 32.2. The molecule has 1 amide bonds. The highest BCUT2D eigenvalue weighted by Crippen LogP contribution is 2.35. The van der Waals surface area contributed by atoms with Crippen LogP contribution in [0.15, 0.2) is 18.2 Å². The van der Waals surface area contributed by atoms with E-state index in [1.54, 1.807) is 25.1 Å². The summed E-state index contributed by atoms with van der Waals surface area (Å²) in [6, 6.07) is 3.95. The van der Waals surface area contributed by atoms with Crippen LogP contribution < -0.4 is 19.1 Å². The van der Waals surface area contributed by atoms with E-state index in [0.29, 0.717) is 30.4 Å². The minimum absolute atomic E-state index is 0.0263. The average Bonchev–Trinajstić information content (AvgIpc) is 2.53. The van der Waals surface area contributed by atoms with Crippen LogP contribution in [0, 0.1) is 0 Å². The molecule has 0 aromatic heterocycles. The second-order valence-electron chi connectivity index (χ2n) is 5.88. The summed E-state index contributed by atoms with van der Waals surface area (Å²) in [6.45, 7) is 6.25. The smallest absolute Gasteiger partial charge is 0.243 e. The Labute approximate surface area is 143 Å². The van der Waals surface area contributed by atoms with Crippen molar-refractivity contribution in [2.24, 2.45) is 0 Å². The fourth-order valence-corrected chi connectivity index (χ4v) is 3.61. The predicted molar refractivity (Wildman–Crippen MR) is 92.1 cm³/mol. The van der Waals surface area contributed by atoms with Gasteiger partial charge in [-0.3, -0.25) is 9.10 Å². The van der Waals surface area contributed by atoms with Gasteiger partial charge in [-0.2, -0.15) is 0 Å². The molecule has 0 bridgehead atoms. The van der Waals surface area contributed by atoms with Crippen molar-refractivity contribution in [3.8, 4) is 11.5 Å². The first kappa shape index (κ1) is 18.4. The molecule has 1 N–H and O–H groups in total. The van der Waals surface area contributed by atoms with E-state index in [9.17, 15) is 13.2 Å². The largest absolute Gasteiger partial charge is 0.486 e. The van der Waals surface area contributed by atoms with Crippen molar-refractivity contribution >= 4 is 21.6 Å². The van der Waals surface area contributed by atoms with E-state index in [1.807, 2.05) is 13.8 Å². The van der Waals surface area contributed by atoms with Gasteiger partial charge in [0, 0.05) is 12.1 Å². The van der Waals surface area contributed by atoms with Gasteiger partial charge in [0.2, 0.25) is 15.9 Å². The molecule has 0 spiro atoms. The summed E-state index contributed by atoms with van der Waals surface area (Å²) in [5.74, 6) is 0.696. The van der Waals surface area contributed by atoms with Gasteiger partial charge >= 0.3 is 0 Å². The molecule has 0 aliphatic carbocycles. The number of anilines is 1. The maximum absolute atomic E-state index is 12.4. The number of sulfonamides is 1. The molecule has 1 heterocycles. The Morgan fingerprint density at radius 3 is 2.46 bits per heavy atom. The highest BCUT2D eigenvalue weighted by molar-refractivity contribution is 7.92. The first-order valence-corrected chi connectivity index (χ1v) is 9.78. The second-order valence-corrected chi connectivity index (χ2v) is 7.74. The molecule has 0 radical (unpaired) electrons. The van der Waals surface area contributed by atoms with Gasteiger partial charge in [0.1, 0.15) is 19.3 Å². The third-order valence-electron chi connectivity index (χ3n) is 3.87. The molecule has 1 aromatic carbocycles. The third-order valence-corrected chi connectivity index (χ3v) is 5.11. The summed E-state index contributed by atoms with van der Waals surface area (Å²) in [4.78, 5) is 12.4. The molecular weight excluding hydrogens is 332 g/mol. The lowest BCUT2D eigenvalue weighted by molar-refractivity contribution is -0.122. The van der Waals surface area contributed by atoms with E-state index >= 15 is 0 Å². The molecule has 0 fully saturated rings. The zero-order valence-corrected chi connectivity index (χ0v) is 15.2. The summed E-state index contributed by atoms with van der Waals surface area (Å²) in [5.41, 5.74) is 0.369. The van der Waals surface area contributed by atoms with E-state index in [4.69, 9.17) is 9.47 Å². The second kappa shape index (κ2) is 7.29. The van der Waals surface area contributed by atoms with Crippen LogP contribution in [-0.2, 0) is 14.8 Å². The van der Waals surface area contributed by atoms with Crippen LogP contribution in [0.3, 0.4) is 0 Å². The van der Waals surface area contributed by atoms with Gasteiger partial charge in [-0.15, -0.1) is 0 Å². The Bertz CT molecular complexity index is 704. The topological polar surface area (TPSA) is 84.9 Å². The SMILES string of the molecule is CC[C@H](C)NC(=O)[C@@H](C)N(c1ccc2c(c1)OCCO2)S(C)(=O)=O. The number of nitrogens with zero attached hydrogens (tertiary/aromatic N) is 1. The van der Waals surface area contributed by atoms with Crippen LogP contribution in [0.4, 0.5) is 5.69 Å². The van der Waals surface area contributed by atoms with E-state index < -0.39 is 16.1 Å². The molecule has 24 heavy (non-hydrogen) atoms. The molecule has 0 unspecified atom stereocenters. The molecule has 1 aromatic rings. The van der Waals surface area contributed by atoms with Crippen molar-refractivity contribution < 1.29 is 22.7 Å². The Kier molecular flexibility index (Phi) is 5.58. The van der Waals surface area contributed by atoms with Gasteiger partial charge in [-0.05, 0) is 32.4 Å². The number of carbonyl (C=O) groups is 1. The zero-order chi connectivity index (χ0) is 17.9. The minimum Gasteiger partial charge on any atom is -0.486 e. The average molecular weight is 356 g/mol. The van der Waals surface area contributed by atoms with Crippen molar-refractivity contribution in [3.63, 3.8) is 0 Å². The fourth-order valence-electron chi connectivity index (χ4n) is 2.44. The summed E-state index contributed by atoms with van der Waals surface area (Å²) >= 11 is 0. The molecule has 1 aliphatic heterocycles. The zero-order valence-electron chi connectivity index (χ0n) is 14.4. The maximum Gasteiger partial charge on any atom is 0.243 e. The van der Waals surface area contributed by atoms with Crippen LogP contribution in [0.1, 0.15) is 27.2 Å². The molecule has 2 atom stereocenters. The summed E-state index contributed by atoms with van der Waals surface area (Å²) in [6.07, 6.45) is 1.85. The lowest BCUT2D eigenvalue weighted by atomic mass is 10.2. The number of amides is 1. The summed E-state index contributed by atoms with van der Waals surface area (Å²) in [7, 11) is -3.66. The Morgan fingerprint density at radius 1 is 1.25 bits per heavy atom. The van der Waals surface area contributed by atoms with Crippen molar-refractivity contribution in [1.82, 2.24) is 5.32 Å². The molecule has 8 heteroatoms. The molecule has 1 aliphatic rings. The summed E-state index contributed by atoms with van der Waals surface area (Å²) < 4.78 is 36.6. The summed E-state index contributed by atoms with van der Waals surface area (Å²) in [5, 5.41) is 2.81. The van der Waals surface area contributed by atoms with Gasteiger partial charge in [-0.25, -0.2) is 8.42 Å². The van der Waals surface area contributed by atoms with E-state index in [0.717, 1.165) is 17.0 Å². The van der Waals surface area contributed by atoms with Crippen LogP contribution in [0.25, 0.3) is 0 Å². The number of fused-ring (bicyclic) bond motifs is 1. The van der Waals surface area contributed by atoms with Gasteiger partial charge in [0.25, 0.3) is 0 Å². The van der Waals surface area contributed by atoms with E-state index in [2.05, 4.69) is 5.32 Å². The number of hydrogen-bond acceptors (Lipinski definition) is 5. The first-order valence-electron chi connectivity index (χ1n) is 7.93. The molecule has 0 saturated carbocycles. The first-order chi connectivity index (χ1) is 11.2. The number of carbonyl (C=O) groups excluding carboxylic acids is 1. The molecule has 2 rings (SSSR count). The van der Waals surface area contributed by atoms with E-state index in [-0.39, 0.29) is 11.9 Å². The maximum atomic E-state index is 12.4. The van der Waals surface area contributed by atoms with Crippen molar-refractivity contribution in [1.29, 1.82) is 0 Å². The van der Waals surface area contributed by atoms with Crippen molar-refractivity contribution in [2.45, 2.75) is 39.3 Å². The third kappa shape index (κ3) is 4.11. The van der Waals surface area contributed by atoms with Crippen LogP contribution in [0.5, 0.6) is 11.5 Å². The lowest BCUT2D eigenvalue weighted by Gasteiger charge is -2.30. The minimum atomic E-state index is -3.66. The molecular formula is C16H24N2O5S. The van der Waals surface area contributed by atoms with Gasteiger partial charge in [0.05, 0.1) is 11.9 Å². The van der Waals surface area contributed by atoms with Gasteiger partial charge < -0.3 is 14.8 Å². The van der Waals surface area contributed by atoms with Crippen LogP contribution in [-0.4, -0.2) is 45.9 Å². The number of ether oxygens (including phenoxy) is 2. The highest BCUT2D eigenvalue weighted by Gasteiger charge is 2.30. The quantitative estimate of drug-likeness (QED) is 0.835. The van der Waals surface area contributed by atoms with Gasteiger partial charge in [0.15, 0.2) is 11.5 Å². The van der Waals surface area contributed by atoms with Crippen LogP contribution >= 0.6 is 0 Å². The van der Waals surface area contributed by atoms with E-state index in [1.165, 1.54) is 0 Å². The van der Waals surface area contributed by atoms with Gasteiger partial charge in [-0.1, -0.05) is 6.92 Å². The normalized spacial score (nSPS) is 16.2. The standard InChI is InChI=1S/C16H24N2O5S/c1-5-11(2)17-16(19)12(3)18(24(4,20)21)13-6-7-14-15(10-13)23-9-8-22-14/h6-7,10-12H,5,8-9H2,1-4H3,(H,17,19)/t11-,12+/m0/s1. The Balaban J connectivity index is 2.34. The number of nitrogens with one attached hydrogen (secondary N) is 1. The molecule has 134 valence electrons. The number of hydrogen-bond donors (Lipinski definition) is 1. The van der Waals surface area contributed by atoms with Crippen molar-refractivity contribution in [3.05, 3.63) is 18.2 Å². The number of benzene rings is 1. The Hall–Kier alpha value is -1.96. The predicted octanol–water partition coefficient (Wildman–Crippen LogP) is 1.53. The lowest BCUT2D eigenvalue weighted by Crippen LogP contribution is -2.49. The van der Waals surface area contributed by atoms with Crippen molar-refractivity contribution in [2.75, 3.05) is 23.8 Å². The fraction of sp³-hybridized carbons (Fsp3) is 0.562. The molecule has 0 saturated heterocycles. The number of rotatable bonds is 6. The Morgan fingerprint density at radius 2 is 1.88 bits per heavy atom. The van der Waals surface area contributed by atoms with Crippen LogP contribution in [0.2, 0.25) is 0 Å².